The predicted molar refractivity (Wildman–Crippen MR) is 236 cm³/mol. The lowest BCUT2D eigenvalue weighted by Gasteiger charge is -2.36. The first-order valence-corrected chi connectivity index (χ1v) is 19.7. The van der Waals surface area contributed by atoms with Gasteiger partial charge in [0.25, 0.3) is 0 Å². The maximum Gasteiger partial charge on any atom is 0.137 e. The van der Waals surface area contributed by atoms with Crippen molar-refractivity contribution in [2.45, 2.75) is 5.41 Å². The Kier molecular flexibility index (Phi) is 6.88. The number of hydrogen-bond acceptors (Lipinski definition) is 2. The van der Waals surface area contributed by atoms with Crippen molar-refractivity contribution in [1.29, 1.82) is 0 Å². The maximum atomic E-state index is 6.52. The normalized spacial score (nSPS) is 13.1. The van der Waals surface area contributed by atoms with Gasteiger partial charge in [-0.1, -0.05) is 170 Å². The van der Waals surface area contributed by atoms with Crippen molar-refractivity contribution in [3.8, 4) is 44.5 Å². The minimum atomic E-state index is -0.531. The van der Waals surface area contributed by atoms with Gasteiger partial charge in [0.15, 0.2) is 0 Å². The van der Waals surface area contributed by atoms with Crippen LogP contribution in [0, 0.1) is 0 Å². The standard InChI is InChI=1S/C55H35NO/c1-2-16-36(17-3-1)39-18-9-14-28-52(39)56(38-30-32-46-45-24-10-15-29-53(45)57-54(46)35-38)37-31-33-51-47(34-37)41-20-5-4-19-40(41)42-21-6-11-25-48(42)55(51)49-26-12-7-22-43(49)44-23-8-13-27-50(44)55/h1-35H. The molecule has 0 bridgehead atoms. The molecule has 2 heteroatoms. The molecule has 0 unspecified atom stereocenters. The average Bonchev–Trinajstić information content (AvgIpc) is 3.77. The molecule has 0 fully saturated rings. The number of nitrogens with zero attached hydrogens (tertiary/aromatic N) is 1. The Morgan fingerprint density at radius 2 is 0.789 bits per heavy atom. The lowest BCUT2D eigenvalue weighted by Crippen LogP contribution is -2.29. The summed E-state index contributed by atoms with van der Waals surface area (Å²) in [6, 6.07) is 77.7. The zero-order chi connectivity index (χ0) is 37.5. The van der Waals surface area contributed by atoms with Crippen LogP contribution in [0.5, 0.6) is 0 Å². The molecule has 12 rings (SSSR count). The van der Waals surface area contributed by atoms with Crippen LogP contribution in [-0.2, 0) is 5.41 Å². The molecule has 1 spiro atoms. The molecule has 0 saturated carbocycles. The molecule has 57 heavy (non-hydrogen) atoms. The van der Waals surface area contributed by atoms with Crippen LogP contribution in [0.1, 0.15) is 22.3 Å². The lowest BCUT2D eigenvalue weighted by atomic mass is 9.66. The van der Waals surface area contributed by atoms with Gasteiger partial charge in [0, 0.05) is 33.8 Å². The van der Waals surface area contributed by atoms with Crippen molar-refractivity contribution < 1.29 is 4.42 Å². The van der Waals surface area contributed by atoms with E-state index < -0.39 is 5.41 Å². The Morgan fingerprint density at radius 1 is 0.316 bits per heavy atom. The quantitative estimate of drug-likeness (QED) is 0.180. The van der Waals surface area contributed by atoms with E-state index in [-0.39, 0.29) is 0 Å². The second kappa shape index (κ2) is 12.3. The lowest BCUT2D eigenvalue weighted by molar-refractivity contribution is 0.669. The molecule has 1 heterocycles. The van der Waals surface area contributed by atoms with E-state index in [1.54, 1.807) is 0 Å². The fourth-order valence-corrected chi connectivity index (χ4v) is 9.99. The second-order valence-corrected chi connectivity index (χ2v) is 15.2. The van der Waals surface area contributed by atoms with Crippen molar-refractivity contribution in [2.24, 2.45) is 0 Å². The van der Waals surface area contributed by atoms with Gasteiger partial charge in [-0.3, -0.25) is 0 Å². The van der Waals surface area contributed by atoms with Gasteiger partial charge in [-0.15, -0.1) is 0 Å². The zero-order valence-corrected chi connectivity index (χ0v) is 31.1. The summed E-state index contributed by atoms with van der Waals surface area (Å²) in [6.45, 7) is 0. The molecule has 0 saturated heterocycles. The molecule has 10 aromatic rings. The van der Waals surface area contributed by atoms with Gasteiger partial charge in [-0.25, -0.2) is 0 Å². The van der Waals surface area contributed by atoms with Crippen LogP contribution in [0.3, 0.4) is 0 Å². The fourth-order valence-electron chi connectivity index (χ4n) is 9.99. The molecular weight excluding hydrogens is 691 g/mol. The van der Waals surface area contributed by atoms with E-state index in [9.17, 15) is 0 Å². The van der Waals surface area contributed by atoms with E-state index >= 15 is 0 Å². The van der Waals surface area contributed by atoms with Crippen molar-refractivity contribution in [3.05, 3.63) is 235 Å². The molecule has 0 N–H and O–H groups in total. The van der Waals surface area contributed by atoms with Crippen LogP contribution in [0.2, 0.25) is 0 Å². The highest BCUT2D eigenvalue weighted by Gasteiger charge is 2.49. The summed E-state index contributed by atoms with van der Waals surface area (Å²) in [5.41, 5.74) is 19.5. The first-order chi connectivity index (χ1) is 28.3. The van der Waals surface area contributed by atoms with E-state index in [4.69, 9.17) is 4.42 Å². The van der Waals surface area contributed by atoms with Gasteiger partial charge in [-0.05, 0) is 97.6 Å². The Hall–Kier alpha value is -7.42. The summed E-state index contributed by atoms with van der Waals surface area (Å²) in [5.74, 6) is 0. The van der Waals surface area contributed by atoms with Crippen LogP contribution in [0.15, 0.2) is 217 Å². The Balaban J connectivity index is 1.18. The highest BCUT2D eigenvalue weighted by Crippen LogP contribution is 2.62. The van der Waals surface area contributed by atoms with Gasteiger partial charge in [-0.2, -0.15) is 0 Å². The summed E-state index contributed by atoms with van der Waals surface area (Å²) in [7, 11) is 0. The molecule has 2 nitrogen and oxygen atoms in total. The van der Waals surface area contributed by atoms with Crippen LogP contribution >= 0.6 is 0 Å². The van der Waals surface area contributed by atoms with Crippen molar-refractivity contribution in [1.82, 2.24) is 0 Å². The molecule has 1 aromatic heterocycles. The Labute approximate surface area is 331 Å². The van der Waals surface area contributed by atoms with E-state index in [2.05, 4.69) is 211 Å². The number of furan rings is 1. The third kappa shape index (κ3) is 4.53. The smallest absolute Gasteiger partial charge is 0.137 e. The first kappa shape index (κ1) is 31.9. The van der Waals surface area contributed by atoms with E-state index in [1.807, 2.05) is 6.07 Å². The number of fused-ring (bicyclic) bond motifs is 15. The molecule has 0 aliphatic heterocycles. The zero-order valence-electron chi connectivity index (χ0n) is 31.1. The minimum Gasteiger partial charge on any atom is -0.456 e. The topological polar surface area (TPSA) is 16.4 Å². The minimum absolute atomic E-state index is 0.531. The average molecular weight is 726 g/mol. The predicted octanol–water partition coefficient (Wildman–Crippen LogP) is 14.7. The Morgan fingerprint density at radius 3 is 1.49 bits per heavy atom. The summed E-state index contributed by atoms with van der Waals surface area (Å²) in [4.78, 5) is 2.42. The largest absolute Gasteiger partial charge is 0.456 e. The number of rotatable bonds is 4. The molecule has 0 amide bonds. The summed E-state index contributed by atoms with van der Waals surface area (Å²) < 4.78 is 6.52. The second-order valence-electron chi connectivity index (χ2n) is 15.2. The summed E-state index contributed by atoms with van der Waals surface area (Å²) >= 11 is 0. The molecular formula is C55H35NO. The molecule has 2 aliphatic carbocycles. The SMILES string of the molecule is c1ccc(-c2ccccc2N(c2ccc3c(c2)-c2ccccc2-c2ccccc2C32c3ccccc3-c3ccccc32)c2ccc3c(c2)oc2ccccc23)cc1. The van der Waals surface area contributed by atoms with Crippen LogP contribution in [-0.4, -0.2) is 0 Å². The number of anilines is 3. The molecule has 9 aromatic carbocycles. The fraction of sp³-hybridized carbons (Fsp3) is 0.0182. The van der Waals surface area contributed by atoms with Crippen LogP contribution < -0.4 is 4.90 Å². The van der Waals surface area contributed by atoms with Gasteiger partial charge in [0.1, 0.15) is 11.2 Å². The highest BCUT2D eigenvalue weighted by molar-refractivity contribution is 6.06. The van der Waals surface area contributed by atoms with E-state index in [0.717, 1.165) is 50.1 Å². The highest BCUT2D eigenvalue weighted by atomic mass is 16.3. The number of hydrogen-bond donors (Lipinski definition) is 0. The van der Waals surface area contributed by atoms with Crippen LogP contribution in [0.4, 0.5) is 17.1 Å². The van der Waals surface area contributed by atoms with E-state index in [0.29, 0.717) is 0 Å². The molecule has 0 atom stereocenters. The molecule has 0 radical (unpaired) electrons. The van der Waals surface area contributed by atoms with Crippen molar-refractivity contribution >= 4 is 39.0 Å². The third-order valence-electron chi connectivity index (χ3n) is 12.3. The summed E-state index contributed by atoms with van der Waals surface area (Å²) in [5, 5.41) is 2.23. The van der Waals surface area contributed by atoms with Gasteiger partial charge in [0.2, 0.25) is 0 Å². The van der Waals surface area contributed by atoms with Gasteiger partial charge >= 0.3 is 0 Å². The summed E-state index contributed by atoms with van der Waals surface area (Å²) in [6.07, 6.45) is 0. The Bertz CT molecular complexity index is 3160. The van der Waals surface area contributed by atoms with Gasteiger partial charge in [0.05, 0.1) is 11.1 Å². The van der Waals surface area contributed by atoms with Crippen LogP contribution in [0.25, 0.3) is 66.4 Å². The molecule has 2 aliphatic rings. The number of benzene rings is 9. The first-order valence-electron chi connectivity index (χ1n) is 19.7. The third-order valence-corrected chi connectivity index (χ3v) is 12.3. The van der Waals surface area contributed by atoms with Crippen molar-refractivity contribution in [3.63, 3.8) is 0 Å². The molecule has 266 valence electrons. The van der Waals surface area contributed by atoms with E-state index in [1.165, 1.54) is 55.6 Å². The van der Waals surface area contributed by atoms with Gasteiger partial charge < -0.3 is 9.32 Å². The maximum absolute atomic E-state index is 6.52. The van der Waals surface area contributed by atoms with Crippen molar-refractivity contribution in [2.75, 3.05) is 4.90 Å². The number of para-hydroxylation sites is 2. The monoisotopic (exact) mass is 725 g/mol.